The van der Waals surface area contributed by atoms with Gasteiger partial charge in [0.15, 0.2) is 0 Å². The van der Waals surface area contributed by atoms with Crippen molar-refractivity contribution in [3.05, 3.63) is 29.3 Å². The van der Waals surface area contributed by atoms with E-state index in [-0.39, 0.29) is 50.4 Å². The number of piperidine rings is 1. The molecule has 0 aromatic heterocycles. The molecule has 2 aliphatic heterocycles. The molecule has 1 saturated heterocycles. The van der Waals surface area contributed by atoms with Crippen LogP contribution in [0.1, 0.15) is 56.0 Å². The molecule has 0 saturated carbocycles. The molecule has 34 heavy (non-hydrogen) atoms. The minimum absolute atomic E-state index is 0.189. The van der Waals surface area contributed by atoms with E-state index in [1.165, 1.54) is 4.90 Å². The Kier molecular flexibility index (Phi) is 8.62. The van der Waals surface area contributed by atoms with Crippen LogP contribution in [0, 0.1) is 0 Å². The predicted molar refractivity (Wildman–Crippen MR) is 120 cm³/mol. The molecule has 1 unspecified atom stereocenters. The van der Waals surface area contributed by atoms with Gasteiger partial charge in [-0.25, -0.2) is 0 Å². The van der Waals surface area contributed by atoms with E-state index in [4.69, 9.17) is 18.9 Å². The lowest BCUT2D eigenvalue weighted by Gasteiger charge is -2.29. The second-order valence-corrected chi connectivity index (χ2v) is 9.09. The SMILES string of the molecule is CC(C)(C)OC(=O)CCOCCOCCOc1cccc2c1CN(C1CCC(=O)NC1=O)C2=O. The molecule has 2 aliphatic rings. The van der Waals surface area contributed by atoms with Crippen LogP contribution in [0.3, 0.4) is 0 Å². The number of fused-ring (bicyclic) bond motifs is 1. The van der Waals surface area contributed by atoms with Gasteiger partial charge >= 0.3 is 5.97 Å². The average Bonchev–Trinajstić information content (AvgIpc) is 3.08. The number of carbonyl (C=O) groups is 4. The molecule has 2 heterocycles. The first-order valence-electron chi connectivity index (χ1n) is 11.4. The topological polar surface area (TPSA) is 120 Å². The van der Waals surface area contributed by atoms with Crippen molar-refractivity contribution in [3.8, 4) is 5.75 Å². The van der Waals surface area contributed by atoms with E-state index in [1.54, 1.807) is 18.2 Å². The molecule has 0 aliphatic carbocycles. The van der Waals surface area contributed by atoms with Crippen LogP contribution in [0.4, 0.5) is 0 Å². The quantitative estimate of drug-likeness (QED) is 0.290. The maximum absolute atomic E-state index is 12.8. The number of benzene rings is 1. The number of rotatable bonds is 11. The number of hydrogen-bond acceptors (Lipinski definition) is 8. The highest BCUT2D eigenvalue weighted by atomic mass is 16.6. The van der Waals surface area contributed by atoms with Gasteiger partial charge in [0.25, 0.3) is 5.91 Å². The zero-order chi connectivity index (χ0) is 24.7. The van der Waals surface area contributed by atoms with E-state index in [9.17, 15) is 19.2 Å². The first-order valence-corrected chi connectivity index (χ1v) is 11.4. The molecule has 1 N–H and O–H groups in total. The molecule has 1 fully saturated rings. The molecule has 0 spiro atoms. The second-order valence-electron chi connectivity index (χ2n) is 9.09. The maximum Gasteiger partial charge on any atom is 0.308 e. The highest BCUT2D eigenvalue weighted by Gasteiger charge is 2.40. The fourth-order valence-electron chi connectivity index (χ4n) is 3.77. The Labute approximate surface area is 198 Å². The Morgan fingerprint density at radius 1 is 1.06 bits per heavy atom. The van der Waals surface area contributed by atoms with Crippen molar-refractivity contribution in [2.75, 3.05) is 33.0 Å². The Morgan fingerprint density at radius 3 is 2.47 bits per heavy atom. The molecule has 0 radical (unpaired) electrons. The maximum atomic E-state index is 12.8. The van der Waals surface area contributed by atoms with Gasteiger partial charge < -0.3 is 23.8 Å². The molecular formula is C24H32N2O8. The van der Waals surface area contributed by atoms with Gasteiger partial charge in [-0.3, -0.25) is 24.5 Å². The first-order chi connectivity index (χ1) is 16.2. The standard InChI is InChI=1S/C24H32N2O8/c1-24(2,3)34-21(28)9-10-31-11-12-32-13-14-33-19-6-4-5-16-17(19)15-26(23(16)30)18-7-8-20(27)25-22(18)29/h4-6,18H,7-15H2,1-3H3,(H,25,27,29). The number of ether oxygens (including phenoxy) is 4. The van der Waals surface area contributed by atoms with Gasteiger partial charge in [0.2, 0.25) is 11.8 Å². The smallest absolute Gasteiger partial charge is 0.308 e. The van der Waals surface area contributed by atoms with E-state index >= 15 is 0 Å². The second kappa shape index (κ2) is 11.4. The minimum atomic E-state index is -0.663. The zero-order valence-electron chi connectivity index (χ0n) is 19.9. The van der Waals surface area contributed by atoms with Crippen molar-refractivity contribution in [3.63, 3.8) is 0 Å². The third-order valence-electron chi connectivity index (χ3n) is 5.27. The van der Waals surface area contributed by atoms with Crippen LogP contribution in [-0.4, -0.2) is 73.3 Å². The van der Waals surface area contributed by atoms with Gasteiger partial charge in [-0.1, -0.05) is 6.07 Å². The summed E-state index contributed by atoms with van der Waals surface area (Å²) in [5, 5.41) is 2.30. The summed E-state index contributed by atoms with van der Waals surface area (Å²) < 4.78 is 21.9. The zero-order valence-corrected chi connectivity index (χ0v) is 19.9. The summed E-state index contributed by atoms with van der Waals surface area (Å²) in [5.41, 5.74) is 0.722. The number of esters is 1. The Balaban J connectivity index is 1.36. The molecule has 186 valence electrons. The number of nitrogens with zero attached hydrogens (tertiary/aromatic N) is 1. The van der Waals surface area contributed by atoms with Crippen molar-refractivity contribution >= 4 is 23.7 Å². The van der Waals surface area contributed by atoms with Crippen LogP contribution >= 0.6 is 0 Å². The van der Waals surface area contributed by atoms with Crippen LogP contribution in [0.15, 0.2) is 18.2 Å². The minimum Gasteiger partial charge on any atom is -0.491 e. The summed E-state index contributed by atoms with van der Waals surface area (Å²) in [6.07, 6.45) is 0.713. The lowest BCUT2D eigenvalue weighted by Crippen LogP contribution is -2.52. The van der Waals surface area contributed by atoms with Crippen LogP contribution in [-0.2, 0) is 35.1 Å². The molecule has 1 aromatic carbocycles. The highest BCUT2D eigenvalue weighted by Crippen LogP contribution is 2.33. The fraction of sp³-hybridized carbons (Fsp3) is 0.583. The van der Waals surface area contributed by atoms with Crippen LogP contribution in [0.5, 0.6) is 5.75 Å². The van der Waals surface area contributed by atoms with E-state index in [2.05, 4.69) is 5.32 Å². The highest BCUT2D eigenvalue weighted by molar-refractivity contribution is 6.05. The largest absolute Gasteiger partial charge is 0.491 e. The van der Waals surface area contributed by atoms with E-state index in [0.717, 1.165) is 5.56 Å². The normalized spacial score (nSPS) is 18.0. The molecule has 1 aromatic rings. The molecular weight excluding hydrogens is 444 g/mol. The third kappa shape index (κ3) is 7.01. The van der Waals surface area contributed by atoms with Crippen molar-refractivity contribution in [1.82, 2.24) is 10.2 Å². The van der Waals surface area contributed by atoms with E-state index in [1.807, 2.05) is 20.8 Å². The lowest BCUT2D eigenvalue weighted by molar-refractivity contribution is -0.156. The van der Waals surface area contributed by atoms with Gasteiger partial charge in [0.05, 0.1) is 39.4 Å². The summed E-state index contributed by atoms with van der Waals surface area (Å²) in [6, 6.07) is 4.56. The summed E-state index contributed by atoms with van der Waals surface area (Å²) in [5.74, 6) is -0.732. The molecule has 0 bridgehead atoms. The Bertz CT molecular complexity index is 924. The number of amides is 3. The lowest BCUT2D eigenvalue weighted by atomic mass is 10.0. The summed E-state index contributed by atoms with van der Waals surface area (Å²) in [7, 11) is 0. The van der Waals surface area contributed by atoms with Gasteiger partial charge in [-0.05, 0) is 39.3 Å². The molecule has 10 heteroatoms. The molecule has 3 amide bonds. The molecule has 3 rings (SSSR count). The number of hydrogen-bond donors (Lipinski definition) is 1. The van der Waals surface area contributed by atoms with Crippen molar-refractivity contribution in [2.45, 2.75) is 58.2 Å². The van der Waals surface area contributed by atoms with Gasteiger partial charge in [0, 0.05) is 17.5 Å². The number of carbonyl (C=O) groups excluding carboxylic acids is 4. The molecule has 10 nitrogen and oxygen atoms in total. The Morgan fingerprint density at radius 2 is 1.76 bits per heavy atom. The van der Waals surface area contributed by atoms with E-state index in [0.29, 0.717) is 37.6 Å². The monoisotopic (exact) mass is 476 g/mol. The van der Waals surface area contributed by atoms with Crippen LogP contribution < -0.4 is 10.1 Å². The van der Waals surface area contributed by atoms with Crippen molar-refractivity contribution in [1.29, 1.82) is 0 Å². The average molecular weight is 477 g/mol. The summed E-state index contributed by atoms with van der Waals surface area (Å²) in [4.78, 5) is 49.5. The summed E-state index contributed by atoms with van der Waals surface area (Å²) >= 11 is 0. The van der Waals surface area contributed by atoms with Crippen molar-refractivity contribution < 1.29 is 38.1 Å². The summed E-state index contributed by atoms with van der Waals surface area (Å²) in [6.45, 7) is 7.27. The predicted octanol–water partition coefficient (Wildman–Crippen LogP) is 1.59. The van der Waals surface area contributed by atoms with Crippen LogP contribution in [0.2, 0.25) is 0 Å². The number of nitrogens with one attached hydrogen (secondary N) is 1. The van der Waals surface area contributed by atoms with Gasteiger partial charge in [0.1, 0.15) is 24.0 Å². The van der Waals surface area contributed by atoms with Gasteiger partial charge in [-0.2, -0.15) is 0 Å². The Hall–Kier alpha value is -2.98. The van der Waals surface area contributed by atoms with Crippen molar-refractivity contribution in [2.24, 2.45) is 0 Å². The number of imide groups is 1. The third-order valence-corrected chi connectivity index (χ3v) is 5.27. The fourth-order valence-corrected chi connectivity index (χ4v) is 3.77. The molecule has 1 atom stereocenters. The first kappa shape index (κ1) is 25.6. The van der Waals surface area contributed by atoms with Gasteiger partial charge in [-0.15, -0.1) is 0 Å². The van der Waals surface area contributed by atoms with E-state index < -0.39 is 17.6 Å². The van der Waals surface area contributed by atoms with Crippen LogP contribution in [0.25, 0.3) is 0 Å².